The molecule has 108 valence electrons. The Morgan fingerprint density at radius 3 is 2.58 bits per heavy atom. The Balaban J connectivity index is 3.33. The van der Waals surface area contributed by atoms with E-state index in [4.69, 9.17) is 11.2 Å². The van der Waals surface area contributed by atoms with Crippen LogP contribution in [0, 0.1) is 18.3 Å². The molecule has 0 fully saturated rings. The number of carbonyl (C=O) groups excluding carboxylic acids is 2. The van der Waals surface area contributed by atoms with Crippen molar-refractivity contribution in [1.29, 1.82) is 0 Å². The van der Waals surface area contributed by atoms with Gasteiger partial charge in [-0.2, -0.15) is 0 Å². The minimum Gasteiger partial charge on any atom is -0.465 e. The minimum absolute atomic E-state index is 0.0203. The summed E-state index contributed by atoms with van der Waals surface area (Å²) >= 11 is 0. The summed E-state index contributed by atoms with van der Waals surface area (Å²) in [6.45, 7) is 4.97. The third-order valence-corrected chi connectivity index (χ3v) is 2.19. The van der Waals surface area contributed by atoms with Crippen molar-refractivity contribution in [2.24, 2.45) is 5.92 Å². The zero-order valence-electron chi connectivity index (χ0n) is 11.7. The molecular formula is C14H23NO4. The van der Waals surface area contributed by atoms with Gasteiger partial charge in [0.2, 0.25) is 0 Å². The monoisotopic (exact) mass is 269 g/mol. The maximum absolute atomic E-state index is 11.3. The predicted octanol–water partition coefficient (Wildman–Crippen LogP) is 2.11. The Hall–Kier alpha value is -1.70. The van der Waals surface area contributed by atoms with Crippen molar-refractivity contribution in [3.63, 3.8) is 0 Å². The van der Waals surface area contributed by atoms with Crippen LogP contribution in [0.3, 0.4) is 0 Å². The molecule has 0 saturated heterocycles. The van der Waals surface area contributed by atoms with E-state index in [-0.39, 0.29) is 12.6 Å². The third-order valence-electron chi connectivity index (χ3n) is 2.19. The summed E-state index contributed by atoms with van der Waals surface area (Å²) < 4.78 is 9.68. The van der Waals surface area contributed by atoms with Gasteiger partial charge in [-0.05, 0) is 18.8 Å². The fourth-order valence-corrected chi connectivity index (χ4v) is 1.25. The van der Waals surface area contributed by atoms with E-state index in [9.17, 15) is 9.59 Å². The molecule has 0 aromatic carbocycles. The molecule has 0 rings (SSSR count). The molecule has 0 saturated carbocycles. The van der Waals surface area contributed by atoms with E-state index in [1.165, 1.54) is 0 Å². The quantitative estimate of drug-likeness (QED) is 0.395. The summed E-state index contributed by atoms with van der Waals surface area (Å²) in [4.78, 5) is 22.3. The summed E-state index contributed by atoms with van der Waals surface area (Å²) in [6, 6.07) is 0. The lowest BCUT2D eigenvalue weighted by Crippen LogP contribution is -2.25. The third kappa shape index (κ3) is 12.5. The second-order valence-corrected chi connectivity index (χ2v) is 4.59. The van der Waals surface area contributed by atoms with Gasteiger partial charge in [0, 0.05) is 13.0 Å². The highest BCUT2D eigenvalue weighted by atomic mass is 16.5. The molecule has 0 spiro atoms. The lowest BCUT2D eigenvalue weighted by molar-refractivity contribution is -0.144. The first-order valence-electron chi connectivity index (χ1n) is 6.56. The molecule has 1 N–H and O–H groups in total. The number of unbranched alkanes of at least 4 members (excludes halogenated alkanes) is 2. The van der Waals surface area contributed by atoms with Crippen molar-refractivity contribution >= 4 is 12.1 Å². The molecule has 19 heavy (non-hydrogen) atoms. The first-order chi connectivity index (χ1) is 9.06. The molecule has 0 aromatic rings. The van der Waals surface area contributed by atoms with Crippen LogP contribution in [0.25, 0.3) is 0 Å². The van der Waals surface area contributed by atoms with Crippen molar-refractivity contribution < 1.29 is 19.1 Å². The fraction of sp³-hybridized carbons (Fsp3) is 0.714. The molecule has 0 aliphatic carbocycles. The second-order valence-electron chi connectivity index (χ2n) is 4.59. The first-order valence-corrected chi connectivity index (χ1v) is 6.56. The highest BCUT2D eigenvalue weighted by Gasteiger charge is 2.04. The molecule has 1 amide bonds. The molecular weight excluding hydrogens is 246 g/mol. The SMILES string of the molecule is C#CCOC(=O)NCCCCCC(=O)OCC(C)C. The Morgan fingerprint density at radius 1 is 1.21 bits per heavy atom. The fourth-order valence-electron chi connectivity index (χ4n) is 1.25. The zero-order chi connectivity index (χ0) is 14.5. The highest BCUT2D eigenvalue weighted by molar-refractivity contribution is 5.69. The maximum Gasteiger partial charge on any atom is 0.408 e. The maximum atomic E-state index is 11.3. The molecule has 0 heterocycles. The van der Waals surface area contributed by atoms with Gasteiger partial charge in [0.1, 0.15) is 0 Å². The number of rotatable bonds is 9. The number of hydrogen-bond acceptors (Lipinski definition) is 4. The van der Waals surface area contributed by atoms with Crippen molar-refractivity contribution in [1.82, 2.24) is 5.32 Å². The van der Waals surface area contributed by atoms with Crippen molar-refractivity contribution in [2.75, 3.05) is 19.8 Å². The van der Waals surface area contributed by atoms with Crippen LogP contribution in [-0.4, -0.2) is 31.8 Å². The van der Waals surface area contributed by atoms with Crippen molar-refractivity contribution in [3.05, 3.63) is 0 Å². The number of esters is 1. The van der Waals surface area contributed by atoms with Crippen LogP contribution in [0.5, 0.6) is 0 Å². The van der Waals surface area contributed by atoms with Crippen LogP contribution in [-0.2, 0) is 14.3 Å². The second kappa shape index (κ2) is 11.4. The lowest BCUT2D eigenvalue weighted by atomic mass is 10.2. The van der Waals surface area contributed by atoms with Crippen LogP contribution >= 0.6 is 0 Å². The molecule has 5 heteroatoms. The van der Waals surface area contributed by atoms with E-state index in [0.717, 1.165) is 19.3 Å². The van der Waals surface area contributed by atoms with Crippen LogP contribution in [0.1, 0.15) is 39.5 Å². The Kier molecular flexibility index (Phi) is 10.4. The number of carbonyl (C=O) groups is 2. The van der Waals surface area contributed by atoms with Crippen LogP contribution in [0.2, 0.25) is 0 Å². The summed E-state index contributed by atoms with van der Waals surface area (Å²) in [5, 5.41) is 2.57. The van der Waals surface area contributed by atoms with Gasteiger partial charge < -0.3 is 14.8 Å². The van der Waals surface area contributed by atoms with E-state index < -0.39 is 6.09 Å². The summed E-state index contributed by atoms with van der Waals surface area (Å²) in [7, 11) is 0. The van der Waals surface area contributed by atoms with E-state index in [0.29, 0.717) is 25.5 Å². The van der Waals surface area contributed by atoms with Gasteiger partial charge in [-0.15, -0.1) is 6.42 Å². The lowest BCUT2D eigenvalue weighted by Gasteiger charge is -2.07. The van der Waals surface area contributed by atoms with E-state index in [1.54, 1.807) is 0 Å². The number of hydrogen-bond donors (Lipinski definition) is 1. The van der Waals surface area contributed by atoms with Crippen molar-refractivity contribution in [2.45, 2.75) is 39.5 Å². The average Bonchev–Trinajstić information content (AvgIpc) is 2.37. The van der Waals surface area contributed by atoms with E-state index >= 15 is 0 Å². The smallest absolute Gasteiger partial charge is 0.408 e. The van der Waals surface area contributed by atoms with E-state index in [2.05, 4.69) is 16.0 Å². The van der Waals surface area contributed by atoms with E-state index in [1.807, 2.05) is 13.8 Å². The Bertz CT molecular complexity index is 307. The Labute approximate surface area is 115 Å². The topological polar surface area (TPSA) is 64.6 Å². The molecule has 5 nitrogen and oxygen atoms in total. The van der Waals surface area contributed by atoms with Gasteiger partial charge in [-0.1, -0.05) is 26.2 Å². The van der Waals surface area contributed by atoms with Gasteiger partial charge in [0.25, 0.3) is 0 Å². The number of nitrogens with one attached hydrogen (secondary N) is 1. The molecule has 0 unspecified atom stereocenters. The molecule has 0 atom stereocenters. The zero-order valence-corrected chi connectivity index (χ0v) is 11.7. The molecule has 0 bridgehead atoms. The van der Waals surface area contributed by atoms with Crippen LogP contribution in [0.4, 0.5) is 4.79 Å². The number of terminal acetylenes is 1. The van der Waals surface area contributed by atoms with Gasteiger partial charge in [0.15, 0.2) is 6.61 Å². The summed E-state index contributed by atoms with van der Waals surface area (Å²) in [5.41, 5.74) is 0. The Morgan fingerprint density at radius 2 is 1.95 bits per heavy atom. The predicted molar refractivity (Wildman–Crippen MR) is 72.4 cm³/mol. The minimum atomic E-state index is -0.505. The number of ether oxygens (including phenoxy) is 2. The molecule has 0 aliphatic heterocycles. The standard InChI is InChI=1S/C14H23NO4/c1-4-10-18-14(17)15-9-7-5-6-8-13(16)19-11-12(2)3/h1,12H,5-11H2,2-3H3,(H,15,17). The first kappa shape index (κ1) is 17.3. The number of alkyl carbamates (subject to hydrolysis) is 1. The number of amides is 1. The van der Waals surface area contributed by atoms with Crippen molar-refractivity contribution in [3.8, 4) is 12.3 Å². The average molecular weight is 269 g/mol. The molecule has 0 aromatic heterocycles. The van der Waals surface area contributed by atoms with Gasteiger partial charge >= 0.3 is 12.1 Å². The van der Waals surface area contributed by atoms with Crippen LogP contribution in [0.15, 0.2) is 0 Å². The molecule has 0 radical (unpaired) electrons. The van der Waals surface area contributed by atoms with Gasteiger partial charge in [0.05, 0.1) is 6.61 Å². The van der Waals surface area contributed by atoms with Gasteiger partial charge in [-0.25, -0.2) is 4.79 Å². The highest BCUT2D eigenvalue weighted by Crippen LogP contribution is 2.02. The summed E-state index contributed by atoms with van der Waals surface area (Å²) in [6.07, 6.45) is 7.27. The summed E-state index contributed by atoms with van der Waals surface area (Å²) in [5.74, 6) is 2.41. The largest absolute Gasteiger partial charge is 0.465 e. The van der Waals surface area contributed by atoms with Crippen LogP contribution < -0.4 is 5.32 Å². The normalized spacial score (nSPS) is 9.79. The van der Waals surface area contributed by atoms with Gasteiger partial charge in [-0.3, -0.25) is 4.79 Å². The molecule has 0 aliphatic rings.